The number of nitrogen functional groups attached to an aromatic ring is 1. The summed E-state index contributed by atoms with van der Waals surface area (Å²) in [5.74, 6) is 1.63. The molecule has 0 saturated carbocycles. The van der Waals surface area contributed by atoms with Crippen LogP contribution in [0.15, 0.2) is 30.5 Å². The predicted molar refractivity (Wildman–Crippen MR) is 81.8 cm³/mol. The number of aromatic nitrogens is 2. The van der Waals surface area contributed by atoms with Gasteiger partial charge in [-0.2, -0.15) is 5.10 Å². The summed E-state index contributed by atoms with van der Waals surface area (Å²) in [5, 5.41) is 3.95. The maximum atomic E-state index is 12.0. The van der Waals surface area contributed by atoms with Crippen LogP contribution in [-0.2, 0) is 11.8 Å². The lowest BCUT2D eigenvalue weighted by atomic mass is 9.89. The van der Waals surface area contributed by atoms with Crippen LogP contribution in [0.5, 0.6) is 11.5 Å². The van der Waals surface area contributed by atoms with E-state index in [0.717, 1.165) is 18.6 Å². The van der Waals surface area contributed by atoms with Gasteiger partial charge in [-0.25, -0.2) is 4.68 Å². The lowest BCUT2D eigenvalue weighted by molar-refractivity contribution is -0.134. The first-order valence-electron chi connectivity index (χ1n) is 7.35. The Bertz CT molecular complexity index is 681. The Morgan fingerprint density at radius 3 is 3.09 bits per heavy atom. The van der Waals surface area contributed by atoms with E-state index in [4.69, 9.17) is 15.2 Å². The van der Waals surface area contributed by atoms with Crippen molar-refractivity contribution in [3.05, 3.63) is 36.0 Å². The number of hydrogen-bond donors (Lipinski definition) is 1. The fraction of sp³-hybridized carbons (Fsp3) is 0.375. The van der Waals surface area contributed by atoms with Crippen molar-refractivity contribution in [3.63, 3.8) is 0 Å². The number of ether oxygens (including phenoxy) is 2. The van der Waals surface area contributed by atoms with E-state index in [2.05, 4.69) is 11.2 Å². The second kappa shape index (κ2) is 6.09. The van der Waals surface area contributed by atoms with Crippen molar-refractivity contribution in [3.8, 4) is 11.5 Å². The summed E-state index contributed by atoms with van der Waals surface area (Å²) in [6, 6.07) is 7.98. The minimum Gasteiger partial charge on any atom is -0.493 e. The van der Waals surface area contributed by atoms with Crippen LogP contribution in [0.1, 0.15) is 30.7 Å². The van der Waals surface area contributed by atoms with Gasteiger partial charge >= 0.3 is 5.97 Å². The summed E-state index contributed by atoms with van der Waals surface area (Å²) in [6.07, 6.45) is 3.45. The van der Waals surface area contributed by atoms with Gasteiger partial charge in [0.1, 0.15) is 5.75 Å². The lowest BCUT2D eigenvalue weighted by Gasteiger charge is -2.25. The highest BCUT2D eigenvalue weighted by molar-refractivity contribution is 5.73. The first-order chi connectivity index (χ1) is 10.6. The number of fused-ring (bicyclic) bond motifs is 1. The number of benzene rings is 1. The van der Waals surface area contributed by atoms with Gasteiger partial charge in [-0.05, 0) is 30.4 Å². The van der Waals surface area contributed by atoms with Crippen molar-refractivity contribution in [2.24, 2.45) is 7.05 Å². The van der Waals surface area contributed by atoms with Crippen molar-refractivity contribution in [1.29, 1.82) is 0 Å². The Labute approximate surface area is 128 Å². The van der Waals surface area contributed by atoms with Crippen LogP contribution in [0.3, 0.4) is 0 Å². The standard InChI is InChI=1S/C16H19N3O3/c1-19-16(17)14(10-18-19)22-15(20)7-6-11-8-9-21-13-5-3-2-4-12(11)13/h2-5,10-11H,6-9,17H2,1H3. The molecule has 22 heavy (non-hydrogen) atoms. The van der Waals surface area contributed by atoms with E-state index in [-0.39, 0.29) is 5.97 Å². The Balaban J connectivity index is 1.59. The number of nitrogens with zero attached hydrogens (tertiary/aromatic N) is 2. The second-order valence-corrected chi connectivity index (χ2v) is 5.40. The third kappa shape index (κ3) is 2.90. The van der Waals surface area contributed by atoms with E-state index >= 15 is 0 Å². The Morgan fingerprint density at radius 1 is 1.50 bits per heavy atom. The van der Waals surface area contributed by atoms with E-state index in [1.165, 1.54) is 16.4 Å². The summed E-state index contributed by atoms with van der Waals surface area (Å²) in [6.45, 7) is 0.687. The Hall–Kier alpha value is -2.50. The number of rotatable bonds is 4. The monoisotopic (exact) mass is 301 g/mol. The molecule has 2 N–H and O–H groups in total. The van der Waals surface area contributed by atoms with Crippen molar-refractivity contribution >= 4 is 11.8 Å². The summed E-state index contributed by atoms with van der Waals surface area (Å²) >= 11 is 0. The summed E-state index contributed by atoms with van der Waals surface area (Å²) in [4.78, 5) is 12.0. The van der Waals surface area contributed by atoms with Crippen molar-refractivity contribution < 1.29 is 14.3 Å². The lowest BCUT2D eigenvalue weighted by Crippen LogP contribution is -2.16. The van der Waals surface area contributed by atoms with E-state index in [0.29, 0.717) is 30.5 Å². The minimum absolute atomic E-state index is 0.288. The van der Waals surface area contributed by atoms with E-state index in [1.807, 2.05) is 18.2 Å². The molecule has 6 heteroatoms. The van der Waals surface area contributed by atoms with Crippen LogP contribution in [-0.4, -0.2) is 22.4 Å². The number of hydrogen-bond acceptors (Lipinski definition) is 5. The molecule has 1 unspecified atom stereocenters. The highest BCUT2D eigenvalue weighted by Gasteiger charge is 2.22. The molecule has 1 aliphatic heterocycles. The Kier molecular flexibility index (Phi) is 4.00. The SMILES string of the molecule is Cn1ncc(OC(=O)CCC2CCOc3ccccc32)c1N. The fourth-order valence-corrected chi connectivity index (χ4v) is 2.69. The van der Waals surface area contributed by atoms with E-state index in [9.17, 15) is 4.79 Å². The zero-order valence-corrected chi connectivity index (χ0v) is 12.5. The molecule has 3 rings (SSSR count). The van der Waals surface area contributed by atoms with Gasteiger partial charge in [-0.15, -0.1) is 0 Å². The molecule has 2 heterocycles. The zero-order chi connectivity index (χ0) is 15.5. The molecule has 1 aromatic carbocycles. The summed E-state index contributed by atoms with van der Waals surface area (Å²) in [7, 11) is 1.70. The molecule has 0 saturated heterocycles. The molecule has 0 spiro atoms. The quantitative estimate of drug-likeness (QED) is 0.876. The van der Waals surface area contributed by atoms with Crippen LogP contribution in [0.2, 0.25) is 0 Å². The third-order valence-electron chi connectivity index (χ3n) is 3.95. The Morgan fingerprint density at radius 2 is 2.32 bits per heavy atom. The van der Waals surface area contributed by atoms with Crippen molar-refractivity contribution in [2.45, 2.75) is 25.2 Å². The molecule has 0 amide bonds. The van der Waals surface area contributed by atoms with Gasteiger partial charge in [0.15, 0.2) is 11.6 Å². The summed E-state index contributed by atoms with van der Waals surface area (Å²) in [5.41, 5.74) is 6.93. The average Bonchev–Trinajstić information content (AvgIpc) is 2.85. The van der Waals surface area contributed by atoms with Gasteiger partial charge in [0, 0.05) is 13.5 Å². The second-order valence-electron chi connectivity index (χ2n) is 5.40. The first kappa shape index (κ1) is 14.4. The predicted octanol–water partition coefficient (Wildman–Crippen LogP) is 2.25. The molecule has 116 valence electrons. The van der Waals surface area contributed by atoms with Gasteiger partial charge in [-0.1, -0.05) is 18.2 Å². The molecule has 0 aliphatic carbocycles. The van der Waals surface area contributed by atoms with Crippen LogP contribution < -0.4 is 15.2 Å². The van der Waals surface area contributed by atoms with Gasteiger partial charge in [-0.3, -0.25) is 4.79 Å². The molecule has 0 bridgehead atoms. The van der Waals surface area contributed by atoms with Gasteiger partial charge < -0.3 is 15.2 Å². The summed E-state index contributed by atoms with van der Waals surface area (Å²) < 4.78 is 12.4. The highest BCUT2D eigenvalue weighted by atomic mass is 16.5. The number of carbonyl (C=O) groups excluding carboxylic acids is 1. The first-order valence-corrected chi connectivity index (χ1v) is 7.35. The van der Waals surface area contributed by atoms with Gasteiger partial charge in [0.05, 0.1) is 12.8 Å². The number of carbonyl (C=O) groups is 1. The zero-order valence-electron chi connectivity index (χ0n) is 12.5. The molecule has 1 aliphatic rings. The molecule has 1 aromatic heterocycles. The average molecular weight is 301 g/mol. The van der Waals surface area contributed by atoms with Crippen LogP contribution in [0.25, 0.3) is 0 Å². The van der Waals surface area contributed by atoms with Crippen LogP contribution in [0.4, 0.5) is 5.82 Å². The molecule has 1 atom stereocenters. The van der Waals surface area contributed by atoms with Gasteiger partial charge in [0.2, 0.25) is 0 Å². The van der Waals surface area contributed by atoms with E-state index in [1.54, 1.807) is 7.05 Å². The maximum absolute atomic E-state index is 12.0. The number of anilines is 1. The topological polar surface area (TPSA) is 79.4 Å². The number of nitrogens with two attached hydrogens (primary N) is 1. The molecule has 0 fully saturated rings. The molecule has 6 nitrogen and oxygen atoms in total. The maximum Gasteiger partial charge on any atom is 0.311 e. The smallest absolute Gasteiger partial charge is 0.311 e. The molecule has 2 aromatic rings. The van der Waals surface area contributed by atoms with Crippen LogP contribution in [0, 0.1) is 0 Å². The molecular weight excluding hydrogens is 282 g/mol. The molecule has 0 radical (unpaired) electrons. The number of aryl methyl sites for hydroxylation is 1. The minimum atomic E-state index is -0.288. The highest BCUT2D eigenvalue weighted by Crippen LogP contribution is 2.36. The third-order valence-corrected chi connectivity index (χ3v) is 3.95. The fourth-order valence-electron chi connectivity index (χ4n) is 2.69. The van der Waals surface area contributed by atoms with E-state index < -0.39 is 0 Å². The largest absolute Gasteiger partial charge is 0.493 e. The van der Waals surface area contributed by atoms with Gasteiger partial charge in [0.25, 0.3) is 0 Å². The number of para-hydroxylation sites is 1. The van der Waals surface area contributed by atoms with Crippen molar-refractivity contribution in [1.82, 2.24) is 9.78 Å². The van der Waals surface area contributed by atoms with Crippen LogP contribution >= 0.6 is 0 Å². The normalized spacial score (nSPS) is 16.7. The van der Waals surface area contributed by atoms with Crippen molar-refractivity contribution in [2.75, 3.05) is 12.3 Å². The molecular formula is C16H19N3O3. The number of esters is 1.